The van der Waals surface area contributed by atoms with Crippen LogP contribution in [0.15, 0.2) is 12.3 Å². The Hall–Kier alpha value is -0.610. The zero-order chi connectivity index (χ0) is 9.68. The van der Waals surface area contributed by atoms with Crippen LogP contribution in [0.3, 0.4) is 0 Å². The van der Waals surface area contributed by atoms with Gasteiger partial charge in [-0.3, -0.25) is 0 Å². The van der Waals surface area contributed by atoms with E-state index in [4.69, 9.17) is 16.3 Å². The average molecular weight is 264 g/mol. The molecule has 0 saturated heterocycles. The molecule has 1 rings (SSSR count). The Morgan fingerprint density at radius 3 is 3.08 bits per heavy atom. The van der Waals surface area contributed by atoms with Crippen LogP contribution < -0.4 is 4.74 Å². The first-order valence-electron chi connectivity index (χ1n) is 3.57. The molecule has 0 fully saturated rings. The van der Waals surface area contributed by atoms with E-state index in [9.17, 15) is 0 Å². The van der Waals surface area contributed by atoms with Crippen LogP contribution >= 0.6 is 27.5 Å². The Kier molecular flexibility index (Phi) is 4.18. The van der Waals surface area contributed by atoms with Crippen LogP contribution in [0.25, 0.3) is 6.08 Å². The van der Waals surface area contributed by atoms with Crippen LogP contribution in [0.5, 0.6) is 5.88 Å². The van der Waals surface area contributed by atoms with Gasteiger partial charge in [-0.15, -0.1) is 0 Å². The third-order valence-electron chi connectivity index (χ3n) is 1.33. The molecule has 0 aliphatic carbocycles. The maximum atomic E-state index is 5.59. The van der Waals surface area contributed by atoms with Crippen molar-refractivity contribution >= 4 is 33.6 Å². The summed E-state index contributed by atoms with van der Waals surface area (Å²) in [5.41, 5.74) is 0.811. The van der Waals surface area contributed by atoms with Crippen molar-refractivity contribution < 1.29 is 4.74 Å². The van der Waals surface area contributed by atoms with Gasteiger partial charge in [0.05, 0.1) is 12.7 Å². The molecule has 0 aliphatic heterocycles. The normalized spacial score (nSPS) is 10.7. The summed E-state index contributed by atoms with van der Waals surface area (Å²) in [6.07, 6.45) is 5.41. The van der Waals surface area contributed by atoms with E-state index in [1.165, 1.54) is 0 Å². The number of methoxy groups -OCH3 is 1. The minimum absolute atomic E-state index is 0.188. The first kappa shape index (κ1) is 10.5. The molecule has 3 nitrogen and oxygen atoms in total. The fourth-order valence-electron chi connectivity index (χ4n) is 0.805. The zero-order valence-corrected chi connectivity index (χ0v) is 9.34. The average Bonchev–Trinajstić information content (AvgIpc) is 2.16. The third kappa shape index (κ3) is 2.97. The largest absolute Gasteiger partial charge is 0.480 e. The highest BCUT2D eigenvalue weighted by atomic mass is 79.9. The van der Waals surface area contributed by atoms with Crippen molar-refractivity contribution in [2.75, 3.05) is 12.4 Å². The number of aromatic nitrogens is 2. The molecular weight excluding hydrogens is 255 g/mol. The van der Waals surface area contributed by atoms with Crippen molar-refractivity contribution in [2.24, 2.45) is 0 Å². The predicted molar refractivity (Wildman–Crippen MR) is 56.4 cm³/mol. The third-order valence-corrected chi connectivity index (χ3v) is 1.89. The Labute approximate surface area is 89.9 Å². The van der Waals surface area contributed by atoms with Crippen molar-refractivity contribution in [3.8, 4) is 5.88 Å². The topological polar surface area (TPSA) is 35.0 Å². The number of hydrogen-bond acceptors (Lipinski definition) is 3. The van der Waals surface area contributed by atoms with Gasteiger partial charge in [0, 0.05) is 11.5 Å². The maximum absolute atomic E-state index is 5.59. The van der Waals surface area contributed by atoms with E-state index >= 15 is 0 Å². The minimum atomic E-state index is 0.188. The number of ether oxygens (including phenoxy) is 1. The number of halogens is 2. The number of alkyl halides is 1. The van der Waals surface area contributed by atoms with Crippen molar-refractivity contribution in [3.63, 3.8) is 0 Å². The lowest BCUT2D eigenvalue weighted by Crippen LogP contribution is -1.93. The molecule has 5 heteroatoms. The molecule has 0 aliphatic rings. The summed E-state index contributed by atoms with van der Waals surface area (Å²) in [6.45, 7) is 0. The monoisotopic (exact) mass is 262 g/mol. The van der Waals surface area contributed by atoms with Gasteiger partial charge in [-0.2, -0.15) is 4.98 Å². The Morgan fingerprint density at radius 2 is 2.46 bits per heavy atom. The van der Waals surface area contributed by atoms with Crippen molar-refractivity contribution in [1.29, 1.82) is 0 Å². The first-order chi connectivity index (χ1) is 6.27. The van der Waals surface area contributed by atoms with E-state index in [1.54, 1.807) is 13.3 Å². The molecule has 0 amide bonds. The summed E-state index contributed by atoms with van der Waals surface area (Å²) < 4.78 is 5.02. The van der Waals surface area contributed by atoms with Gasteiger partial charge in [0.15, 0.2) is 0 Å². The number of allylic oxidation sites excluding steroid dienone is 1. The van der Waals surface area contributed by atoms with Crippen LogP contribution in [0.1, 0.15) is 5.56 Å². The van der Waals surface area contributed by atoms with Crippen LogP contribution in [0.2, 0.25) is 5.28 Å². The molecule has 0 spiro atoms. The van der Waals surface area contributed by atoms with E-state index in [-0.39, 0.29) is 5.28 Å². The summed E-state index contributed by atoms with van der Waals surface area (Å²) in [5.74, 6) is 0.484. The first-order valence-corrected chi connectivity index (χ1v) is 5.07. The SMILES string of the molecule is COc1nc(Cl)ncc1C=CCBr. The van der Waals surface area contributed by atoms with Crippen LogP contribution in [0.4, 0.5) is 0 Å². The quantitative estimate of drug-likeness (QED) is 0.621. The molecule has 0 atom stereocenters. The van der Waals surface area contributed by atoms with Gasteiger partial charge in [0.1, 0.15) is 0 Å². The van der Waals surface area contributed by atoms with E-state index in [1.807, 2.05) is 12.2 Å². The van der Waals surface area contributed by atoms with Gasteiger partial charge < -0.3 is 4.74 Å². The number of hydrogen-bond donors (Lipinski definition) is 0. The Morgan fingerprint density at radius 1 is 1.69 bits per heavy atom. The van der Waals surface area contributed by atoms with Gasteiger partial charge in [-0.25, -0.2) is 4.98 Å². The van der Waals surface area contributed by atoms with E-state index in [2.05, 4.69) is 25.9 Å². The van der Waals surface area contributed by atoms with E-state index in [0.717, 1.165) is 10.9 Å². The predicted octanol–water partition coefficient (Wildman–Crippen LogP) is 2.55. The van der Waals surface area contributed by atoms with Gasteiger partial charge in [0.25, 0.3) is 0 Å². The molecule has 0 N–H and O–H groups in total. The molecule has 0 unspecified atom stereocenters. The highest BCUT2D eigenvalue weighted by Crippen LogP contribution is 2.17. The molecule has 70 valence electrons. The molecule has 1 aromatic heterocycles. The fourth-order valence-corrected chi connectivity index (χ4v) is 1.12. The summed E-state index contributed by atoms with van der Waals surface area (Å²) in [4.78, 5) is 7.76. The van der Waals surface area contributed by atoms with Crippen molar-refractivity contribution in [2.45, 2.75) is 0 Å². The van der Waals surface area contributed by atoms with E-state index in [0.29, 0.717) is 5.88 Å². The van der Waals surface area contributed by atoms with Crippen LogP contribution in [0, 0.1) is 0 Å². The molecule has 0 aromatic carbocycles. The lowest BCUT2D eigenvalue weighted by molar-refractivity contribution is 0.396. The van der Waals surface area contributed by atoms with Gasteiger partial charge >= 0.3 is 0 Å². The smallest absolute Gasteiger partial charge is 0.225 e. The summed E-state index contributed by atoms with van der Waals surface area (Å²) in [5, 5.41) is 0.964. The van der Waals surface area contributed by atoms with Crippen molar-refractivity contribution in [3.05, 3.63) is 23.1 Å². The summed E-state index contributed by atoms with van der Waals surface area (Å²) in [6, 6.07) is 0. The number of rotatable bonds is 3. The minimum Gasteiger partial charge on any atom is -0.480 e. The molecule has 0 bridgehead atoms. The molecule has 13 heavy (non-hydrogen) atoms. The van der Waals surface area contributed by atoms with Crippen LogP contribution in [-0.2, 0) is 0 Å². The Balaban J connectivity index is 2.99. The molecular formula is C8H8BrClN2O. The standard InChI is InChI=1S/C8H8BrClN2O/c1-13-7-6(3-2-4-9)5-11-8(10)12-7/h2-3,5H,4H2,1H3. The van der Waals surface area contributed by atoms with Gasteiger partial charge in [0.2, 0.25) is 11.2 Å². The molecule has 1 aromatic rings. The zero-order valence-electron chi connectivity index (χ0n) is 7.00. The van der Waals surface area contributed by atoms with Crippen LogP contribution in [-0.4, -0.2) is 22.4 Å². The lowest BCUT2D eigenvalue weighted by atomic mass is 10.3. The molecule has 0 radical (unpaired) electrons. The lowest BCUT2D eigenvalue weighted by Gasteiger charge is -2.01. The maximum Gasteiger partial charge on any atom is 0.225 e. The van der Waals surface area contributed by atoms with Gasteiger partial charge in [-0.05, 0) is 11.6 Å². The summed E-state index contributed by atoms with van der Waals surface area (Å²) >= 11 is 8.87. The Bertz CT molecular complexity index is 317. The van der Waals surface area contributed by atoms with Crippen molar-refractivity contribution in [1.82, 2.24) is 9.97 Å². The second-order valence-electron chi connectivity index (χ2n) is 2.16. The highest BCUT2D eigenvalue weighted by molar-refractivity contribution is 9.09. The fraction of sp³-hybridized carbons (Fsp3) is 0.250. The van der Waals surface area contributed by atoms with E-state index < -0.39 is 0 Å². The van der Waals surface area contributed by atoms with Gasteiger partial charge in [-0.1, -0.05) is 28.1 Å². The molecule has 1 heterocycles. The molecule has 0 saturated carbocycles. The summed E-state index contributed by atoms with van der Waals surface area (Å²) in [7, 11) is 1.55. The second kappa shape index (κ2) is 5.19. The number of nitrogens with zero attached hydrogens (tertiary/aromatic N) is 2. The second-order valence-corrected chi connectivity index (χ2v) is 3.15. The highest BCUT2D eigenvalue weighted by Gasteiger charge is 2.02.